The van der Waals surface area contributed by atoms with E-state index < -0.39 is 16.1 Å². The van der Waals surface area contributed by atoms with Gasteiger partial charge in [-0.05, 0) is 36.4 Å². The van der Waals surface area contributed by atoms with Crippen LogP contribution in [0.5, 0.6) is 17.2 Å². The lowest BCUT2D eigenvalue weighted by atomic mass is 10.2. The summed E-state index contributed by atoms with van der Waals surface area (Å²) in [7, 11) is -2.48. The Balaban J connectivity index is 2.09. The number of rotatable bonds is 4. The Morgan fingerprint density at radius 3 is 2.63 bits per heavy atom. The number of sulfonamides is 1. The molecule has 2 N–H and O–H groups in total. The number of nitrogens with zero attached hydrogens (tertiary/aromatic N) is 1. The number of nitrogens with one attached hydrogen (secondary N) is 1. The van der Waals surface area contributed by atoms with Gasteiger partial charge in [0.25, 0.3) is 10.0 Å². The molecule has 27 heavy (non-hydrogen) atoms. The average molecular weight is 394 g/mol. The minimum absolute atomic E-state index is 0.0533. The molecule has 0 saturated heterocycles. The minimum Gasteiger partial charge on any atom is -0.497 e. The first-order valence-corrected chi connectivity index (χ1v) is 9.46. The van der Waals surface area contributed by atoms with Crippen molar-refractivity contribution >= 4 is 21.8 Å². The highest BCUT2D eigenvalue weighted by atomic mass is 32.2. The van der Waals surface area contributed by atoms with Gasteiger partial charge in [0, 0.05) is 13.0 Å². The SMILES string of the molecule is COc1ccc(S(=O)(=O)N2CCCOc3cccc(OC(=O)NO)c32)cc1. The molecule has 0 aliphatic carbocycles. The smallest absolute Gasteiger partial charge is 0.436 e. The molecule has 1 aliphatic heterocycles. The van der Waals surface area contributed by atoms with Crippen LogP contribution in [0.3, 0.4) is 0 Å². The molecule has 0 fully saturated rings. The van der Waals surface area contributed by atoms with Crippen LogP contribution in [0.25, 0.3) is 0 Å². The highest BCUT2D eigenvalue weighted by Gasteiger charge is 2.32. The number of carbonyl (C=O) groups excluding carboxylic acids is 1. The molecular formula is C17H18N2O7S. The molecule has 9 nitrogen and oxygen atoms in total. The van der Waals surface area contributed by atoms with Crippen molar-refractivity contribution in [3.63, 3.8) is 0 Å². The maximum Gasteiger partial charge on any atom is 0.436 e. The molecule has 1 amide bonds. The number of carbonyl (C=O) groups is 1. The summed E-state index contributed by atoms with van der Waals surface area (Å²) < 4.78 is 43.3. The molecule has 0 unspecified atom stereocenters. The Morgan fingerprint density at radius 2 is 1.96 bits per heavy atom. The first kappa shape index (κ1) is 18.8. The largest absolute Gasteiger partial charge is 0.497 e. The van der Waals surface area contributed by atoms with Gasteiger partial charge in [-0.1, -0.05) is 6.07 Å². The zero-order valence-electron chi connectivity index (χ0n) is 14.4. The number of hydrogen-bond acceptors (Lipinski definition) is 7. The van der Waals surface area contributed by atoms with E-state index >= 15 is 0 Å². The van der Waals surface area contributed by atoms with E-state index in [1.165, 1.54) is 30.8 Å². The fourth-order valence-electron chi connectivity index (χ4n) is 2.69. The molecule has 0 radical (unpaired) electrons. The Kier molecular flexibility index (Phi) is 5.38. The van der Waals surface area contributed by atoms with E-state index in [-0.39, 0.29) is 28.6 Å². The summed E-state index contributed by atoms with van der Waals surface area (Å²) in [6, 6.07) is 10.5. The molecule has 10 heteroatoms. The van der Waals surface area contributed by atoms with Gasteiger partial charge in [-0.15, -0.1) is 0 Å². The van der Waals surface area contributed by atoms with Crippen molar-refractivity contribution in [1.29, 1.82) is 0 Å². The predicted molar refractivity (Wildman–Crippen MR) is 95.0 cm³/mol. The van der Waals surface area contributed by atoms with E-state index in [1.807, 2.05) is 0 Å². The molecule has 144 valence electrons. The van der Waals surface area contributed by atoms with Crippen LogP contribution < -0.4 is 24.0 Å². The number of methoxy groups -OCH3 is 1. The maximum absolute atomic E-state index is 13.2. The summed E-state index contributed by atoms with van der Waals surface area (Å²) in [5.41, 5.74) is 1.44. The van der Waals surface area contributed by atoms with Gasteiger partial charge in [0.2, 0.25) is 0 Å². The third kappa shape index (κ3) is 3.76. The van der Waals surface area contributed by atoms with Crippen LogP contribution in [0.2, 0.25) is 0 Å². The Bertz CT molecular complexity index is 929. The van der Waals surface area contributed by atoms with Crippen LogP contribution in [0.15, 0.2) is 47.4 Å². The van der Waals surface area contributed by atoms with E-state index in [2.05, 4.69) is 0 Å². The zero-order chi connectivity index (χ0) is 19.4. The van der Waals surface area contributed by atoms with Gasteiger partial charge in [-0.25, -0.2) is 18.7 Å². The number of hydroxylamine groups is 1. The summed E-state index contributed by atoms with van der Waals surface area (Å²) in [6.45, 7) is 0.430. The van der Waals surface area contributed by atoms with Crippen molar-refractivity contribution in [2.24, 2.45) is 0 Å². The van der Waals surface area contributed by atoms with Crippen LogP contribution in [-0.4, -0.2) is 40.0 Å². The number of amides is 1. The van der Waals surface area contributed by atoms with E-state index in [0.29, 0.717) is 18.8 Å². The Hall–Kier alpha value is -2.98. The molecule has 0 aromatic heterocycles. The standard InChI is InChI=1S/C17H18N2O7S/c1-24-12-6-8-13(9-7-12)27(22,23)19-10-3-11-25-14-4-2-5-15(16(14)19)26-17(20)18-21/h2,4-9,21H,3,10-11H2,1H3,(H,18,20). The lowest BCUT2D eigenvalue weighted by Gasteiger charge is -2.25. The second-order valence-corrected chi connectivity index (χ2v) is 7.42. The summed E-state index contributed by atoms with van der Waals surface area (Å²) in [5.74, 6) is 0.725. The second kappa shape index (κ2) is 7.72. The van der Waals surface area contributed by atoms with Gasteiger partial charge in [0.05, 0.1) is 18.6 Å². The van der Waals surface area contributed by atoms with E-state index in [0.717, 1.165) is 4.31 Å². The lowest BCUT2D eigenvalue weighted by Crippen LogP contribution is -2.32. The Labute approximate surface area is 156 Å². The van der Waals surface area contributed by atoms with Crippen molar-refractivity contribution in [3.8, 4) is 17.2 Å². The van der Waals surface area contributed by atoms with E-state index in [4.69, 9.17) is 19.4 Å². The first-order valence-electron chi connectivity index (χ1n) is 8.02. The van der Waals surface area contributed by atoms with E-state index in [1.54, 1.807) is 24.3 Å². The lowest BCUT2D eigenvalue weighted by molar-refractivity contribution is 0.127. The fourth-order valence-corrected chi connectivity index (χ4v) is 4.21. The number of benzene rings is 2. The molecule has 1 heterocycles. The molecule has 0 bridgehead atoms. The molecular weight excluding hydrogens is 376 g/mol. The highest BCUT2D eigenvalue weighted by Crippen LogP contribution is 2.42. The number of fused-ring (bicyclic) bond motifs is 1. The number of ether oxygens (including phenoxy) is 3. The third-order valence-corrected chi connectivity index (χ3v) is 5.73. The first-order chi connectivity index (χ1) is 13.0. The van der Waals surface area contributed by atoms with Gasteiger partial charge in [0.15, 0.2) is 5.75 Å². The average Bonchev–Trinajstić information content (AvgIpc) is 2.91. The van der Waals surface area contributed by atoms with Crippen molar-refractivity contribution in [3.05, 3.63) is 42.5 Å². The van der Waals surface area contributed by atoms with Crippen LogP contribution in [0.1, 0.15) is 6.42 Å². The molecule has 0 atom stereocenters. The molecule has 2 aromatic carbocycles. The van der Waals surface area contributed by atoms with Crippen molar-refractivity contribution in [1.82, 2.24) is 5.48 Å². The van der Waals surface area contributed by atoms with Crippen LogP contribution in [-0.2, 0) is 10.0 Å². The molecule has 0 saturated carbocycles. The third-order valence-electron chi connectivity index (χ3n) is 3.92. The van der Waals surface area contributed by atoms with Gasteiger partial charge in [0.1, 0.15) is 17.2 Å². The predicted octanol–water partition coefficient (Wildman–Crippen LogP) is 2.15. The van der Waals surface area contributed by atoms with Crippen molar-refractivity contribution in [2.75, 3.05) is 24.6 Å². The van der Waals surface area contributed by atoms with Crippen LogP contribution >= 0.6 is 0 Å². The quantitative estimate of drug-likeness (QED) is 0.603. The summed E-state index contributed by atoms with van der Waals surface area (Å²) in [4.78, 5) is 11.5. The van der Waals surface area contributed by atoms with Gasteiger partial charge in [-0.2, -0.15) is 0 Å². The monoisotopic (exact) mass is 394 g/mol. The van der Waals surface area contributed by atoms with E-state index in [9.17, 15) is 13.2 Å². The van der Waals surface area contributed by atoms with Crippen LogP contribution in [0, 0.1) is 0 Å². The normalized spacial score (nSPS) is 13.8. The number of para-hydroxylation sites is 1. The summed E-state index contributed by atoms with van der Waals surface area (Å²) in [5, 5.41) is 8.71. The maximum atomic E-state index is 13.2. The van der Waals surface area contributed by atoms with Crippen molar-refractivity contribution < 1.29 is 32.6 Å². The van der Waals surface area contributed by atoms with Gasteiger partial charge < -0.3 is 14.2 Å². The minimum atomic E-state index is -3.97. The molecule has 3 rings (SSSR count). The zero-order valence-corrected chi connectivity index (χ0v) is 15.2. The summed E-state index contributed by atoms with van der Waals surface area (Å²) >= 11 is 0. The van der Waals surface area contributed by atoms with Gasteiger partial charge >= 0.3 is 6.09 Å². The number of hydrogen-bond donors (Lipinski definition) is 2. The topological polar surface area (TPSA) is 114 Å². The van der Waals surface area contributed by atoms with Crippen molar-refractivity contribution in [2.45, 2.75) is 11.3 Å². The van der Waals surface area contributed by atoms with Crippen LogP contribution in [0.4, 0.5) is 10.5 Å². The molecule has 0 spiro atoms. The molecule has 2 aromatic rings. The number of anilines is 1. The van der Waals surface area contributed by atoms with Gasteiger partial charge in [-0.3, -0.25) is 9.51 Å². The highest BCUT2D eigenvalue weighted by molar-refractivity contribution is 7.92. The molecule has 1 aliphatic rings. The fraction of sp³-hybridized carbons (Fsp3) is 0.235. The summed E-state index contributed by atoms with van der Waals surface area (Å²) in [6.07, 6.45) is -0.704. The Morgan fingerprint density at radius 1 is 1.22 bits per heavy atom. The second-order valence-electron chi connectivity index (χ2n) is 5.56.